The van der Waals surface area contributed by atoms with Crippen molar-refractivity contribution in [1.29, 1.82) is 0 Å². The molecule has 3 unspecified atom stereocenters. The molecule has 0 nitrogen and oxygen atoms in total. The van der Waals surface area contributed by atoms with Crippen LogP contribution >= 0.6 is 0 Å². The van der Waals surface area contributed by atoms with Crippen LogP contribution in [-0.4, -0.2) is 0 Å². The molecule has 0 spiro atoms. The molecule has 2 fully saturated rings. The van der Waals surface area contributed by atoms with E-state index in [1.54, 1.807) is 0 Å². The van der Waals surface area contributed by atoms with Crippen molar-refractivity contribution < 1.29 is 0 Å². The predicted molar refractivity (Wildman–Crippen MR) is 57.6 cm³/mol. The van der Waals surface area contributed by atoms with Gasteiger partial charge in [-0.15, -0.1) is 0 Å². The zero-order chi connectivity index (χ0) is 9.47. The molecular formula is C13H24. The van der Waals surface area contributed by atoms with Gasteiger partial charge in [0.2, 0.25) is 0 Å². The number of hydrogen-bond donors (Lipinski definition) is 0. The van der Waals surface area contributed by atoms with E-state index >= 15 is 0 Å². The van der Waals surface area contributed by atoms with E-state index in [0.717, 1.165) is 23.2 Å². The molecule has 0 radical (unpaired) electrons. The summed E-state index contributed by atoms with van der Waals surface area (Å²) in [4.78, 5) is 0. The van der Waals surface area contributed by atoms with E-state index in [1.165, 1.54) is 38.5 Å². The molecule has 0 saturated heterocycles. The second-order valence-corrected chi connectivity index (χ2v) is 6.11. The lowest BCUT2D eigenvalue weighted by atomic mass is 9.57. The smallest absolute Gasteiger partial charge is 0.0297 e. The highest BCUT2D eigenvalue weighted by Crippen LogP contribution is 2.52. The Bertz CT molecular complexity index is 166. The average Bonchev–Trinajstić information content (AvgIpc) is 2.08. The molecule has 2 saturated carbocycles. The van der Waals surface area contributed by atoms with Crippen LogP contribution < -0.4 is 0 Å². The first kappa shape index (κ1) is 9.55. The van der Waals surface area contributed by atoms with Crippen molar-refractivity contribution in [2.24, 2.45) is 23.2 Å². The fourth-order valence-electron chi connectivity index (χ4n) is 3.56. The van der Waals surface area contributed by atoms with Crippen LogP contribution in [0.1, 0.15) is 59.3 Å². The highest BCUT2D eigenvalue weighted by atomic mass is 14.5. The summed E-state index contributed by atoms with van der Waals surface area (Å²) in [5.74, 6) is 3.06. The van der Waals surface area contributed by atoms with Gasteiger partial charge in [-0.2, -0.15) is 0 Å². The fourth-order valence-corrected chi connectivity index (χ4v) is 3.56. The topological polar surface area (TPSA) is 0 Å². The van der Waals surface area contributed by atoms with Crippen LogP contribution in [0.15, 0.2) is 0 Å². The third-order valence-electron chi connectivity index (χ3n) is 4.78. The van der Waals surface area contributed by atoms with Gasteiger partial charge in [0.1, 0.15) is 0 Å². The fraction of sp³-hybridized carbons (Fsp3) is 1.00. The van der Waals surface area contributed by atoms with Crippen molar-refractivity contribution in [3.63, 3.8) is 0 Å². The van der Waals surface area contributed by atoms with E-state index < -0.39 is 0 Å². The molecule has 0 bridgehead atoms. The monoisotopic (exact) mass is 180 g/mol. The average molecular weight is 180 g/mol. The van der Waals surface area contributed by atoms with Gasteiger partial charge in [-0.1, -0.05) is 33.6 Å². The normalized spacial score (nSPS) is 51.5. The zero-order valence-electron chi connectivity index (χ0n) is 9.47. The minimum Gasteiger partial charge on any atom is -0.0625 e. The molecule has 0 N–H and O–H groups in total. The van der Waals surface area contributed by atoms with Crippen molar-refractivity contribution in [3.8, 4) is 0 Å². The summed E-state index contributed by atoms with van der Waals surface area (Å²) in [5, 5.41) is 0. The molecule has 2 aliphatic rings. The summed E-state index contributed by atoms with van der Waals surface area (Å²) in [6, 6.07) is 0. The van der Waals surface area contributed by atoms with Crippen LogP contribution in [0, 0.1) is 23.2 Å². The first-order valence-corrected chi connectivity index (χ1v) is 6.10. The van der Waals surface area contributed by atoms with Gasteiger partial charge in [0, 0.05) is 0 Å². The summed E-state index contributed by atoms with van der Waals surface area (Å²) < 4.78 is 0. The Labute approximate surface area is 83.1 Å². The standard InChI is InChI=1S/C13H24/c1-10-4-6-13(3)7-5-11(2)9-12(13)8-10/h10-12H,4-9H2,1-3H3/t10-,11?,12?,13?/m1/s1. The maximum atomic E-state index is 2.55. The molecule has 13 heavy (non-hydrogen) atoms. The largest absolute Gasteiger partial charge is 0.0625 e. The highest BCUT2D eigenvalue weighted by molar-refractivity contribution is 4.92. The molecule has 2 aliphatic carbocycles. The van der Waals surface area contributed by atoms with Crippen LogP contribution in [0.25, 0.3) is 0 Å². The summed E-state index contributed by atoms with van der Waals surface area (Å²) in [7, 11) is 0. The molecule has 0 aromatic heterocycles. The summed E-state index contributed by atoms with van der Waals surface area (Å²) in [6.45, 7) is 7.44. The van der Waals surface area contributed by atoms with Crippen molar-refractivity contribution >= 4 is 0 Å². The Hall–Kier alpha value is 0. The quantitative estimate of drug-likeness (QED) is 0.523. The maximum Gasteiger partial charge on any atom is -0.0297 e. The Kier molecular flexibility index (Phi) is 2.42. The van der Waals surface area contributed by atoms with Gasteiger partial charge in [0.05, 0.1) is 0 Å². The Balaban J connectivity index is 2.07. The lowest BCUT2D eigenvalue weighted by Gasteiger charge is -2.49. The minimum absolute atomic E-state index is 0.735. The molecular weight excluding hydrogens is 156 g/mol. The lowest BCUT2D eigenvalue weighted by Crippen LogP contribution is -2.38. The van der Waals surface area contributed by atoms with E-state index in [1.807, 2.05) is 0 Å². The Morgan fingerprint density at radius 3 is 1.85 bits per heavy atom. The molecule has 0 heteroatoms. The third-order valence-corrected chi connectivity index (χ3v) is 4.78. The first-order chi connectivity index (χ1) is 6.10. The van der Waals surface area contributed by atoms with Gasteiger partial charge in [-0.3, -0.25) is 0 Å². The molecule has 4 atom stereocenters. The molecule has 0 amide bonds. The molecule has 0 aromatic carbocycles. The van der Waals surface area contributed by atoms with Gasteiger partial charge in [-0.05, 0) is 48.9 Å². The second-order valence-electron chi connectivity index (χ2n) is 6.11. The SMILES string of the molecule is CC1CCC2(C)CC[C@@H](C)CC2C1. The Morgan fingerprint density at radius 2 is 1.38 bits per heavy atom. The first-order valence-electron chi connectivity index (χ1n) is 6.10. The van der Waals surface area contributed by atoms with E-state index in [-0.39, 0.29) is 0 Å². The number of hydrogen-bond acceptors (Lipinski definition) is 0. The van der Waals surface area contributed by atoms with Gasteiger partial charge >= 0.3 is 0 Å². The van der Waals surface area contributed by atoms with Gasteiger partial charge < -0.3 is 0 Å². The zero-order valence-corrected chi connectivity index (χ0v) is 9.47. The summed E-state index contributed by atoms with van der Waals surface area (Å²) in [6.07, 6.45) is 9.02. The molecule has 2 rings (SSSR count). The third kappa shape index (κ3) is 1.78. The molecule has 0 aliphatic heterocycles. The van der Waals surface area contributed by atoms with Crippen LogP contribution in [0.3, 0.4) is 0 Å². The number of fused-ring (bicyclic) bond motifs is 1. The van der Waals surface area contributed by atoms with Gasteiger partial charge in [0.15, 0.2) is 0 Å². The minimum atomic E-state index is 0.735. The highest BCUT2D eigenvalue weighted by Gasteiger charge is 2.41. The van der Waals surface area contributed by atoms with E-state index in [4.69, 9.17) is 0 Å². The van der Waals surface area contributed by atoms with Crippen LogP contribution in [0.4, 0.5) is 0 Å². The predicted octanol–water partition coefficient (Wildman–Crippen LogP) is 4.25. The summed E-state index contributed by atoms with van der Waals surface area (Å²) in [5.41, 5.74) is 0.735. The molecule has 0 heterocycles. The van der Waals surface area contributed by atoms with E-state index in [9.17, 15) is 0 Å². The van der Waals surface area contributed by atoms with E-state index in [0.29, 0.717) is 0 Å². The van der Waals surface area contributed by atoms with E-state index in [2.05, 4.69) is 20.8 Å². The van der Waals surface area contributed by atoms with Crippen molar-refractivity contribution in [1.82, 2.24) is 0 Å². The van der Waals surface area contributed by atoms with Crippen molar-refractivity contribution in [2.75, 3.05) is 0 Å². The van der Waals surface area contributed by atoms with Crippen LogP contribution in [-0.2, 0) is 0 Å². The van der Waals surface area contributed by atoms with Crippen LogP contribution in [0.2, 0.25) is 0 Å². The number of rotatable bonds is 0. The van der Waals surface area contributed by atoms with Crippen LogP contribution in [0.5, 0.6) is 0 Å². The lowest BCUT2D eigenvalue weighted by molar-refractivity contribution is 0.0215. The molecule has 76 valence electrons. The summed E-state index contributed by atoms with van der Waals surface area (Å²) >= 11 is 0. The van der Waals surface area contributed by atoms with Crippen molar-refractivity contribution in [3.05, 3.63) is 0 Å². The second kappa shape index (κ2) is 3.29. The van der Waals surface area contributed by atoms with Gasteiger partial charge in [-0.25, -0.2) is 0 Å². The molecule has 0 aromatic rings. The Morgan fingerprint density at radius 1 is 0.923 bits per heavy atom. The van der Waals surface area contributed by atoms with Gasteiger partial charge in [0.25, 0.3) is 0 Å². The maximum absolute atomic E-state index is 2.55. The van der Waals surface area contributed by atoms with Crippen molar-refractivity contribution in [2.45, 2.75) is 59.3 Å².